The lowest BCUT2D eigenvalue weighted by Gasteiger charge is -2.27. The van der Waals surface area contributed by atoms with E-state index in [9.17, 15) is 52.7 Å². The van der Waals surface area contributed by atoms with Gasteiger partial charge >= 0.3 is 28.6 Å². The molecule has 0 spiro atoms. The fourth-order valence-electron chi connectivity index (χ4n) is 4.37. The molecular formula is C27H11AlB2F19O2P. The fourth-order valence-corrected chi connectivity index (χ4v) is 6.25. The average Bonchev–Trinajstić information content (AvgIpc) is 3.11. The van der Waals surface area contributed by atoms with Gasteiger partial charge in [0.2, 0.25) is 0 Å². The molecule has 0 saturated heterocycles. The van der Waals surface area contributed by atoms with Crippen molar-refractivity contribution in [3.05, 3.63) is 117 Å². The van der Waals surface area contributed by atoms with Crippen LogP contribution in [0.3, 0.4) is 0 Å². The standard InChI is InChI=1S/C13H4BF10O.C12H2BF9OP.C2H5.Al/c1-3(16)5(8(19)7(18)4(17)2-15)14(25)6-9(20)11(22)13(24)12(23)10(6)21;14-3-1(4(15)8(19)10(21)7(3)18)13(23)2-5(16)9(20)11(22)12(24)6(2)17;1-2;/h1-2H2;24H2;1H2,2H3;/q2*-1;;+2/b7-4-,8-5-;;;. The Morgan fingerprint density at radius 1 is 0.558 bits per heavy atom. The van der Waals surface area contributed by atoms with Crippen molar-refractivity contribution in [1.82, 2.24) is 0 Å². The van der Waals surface area contributed by atoms with Gasteiger partial charge in [-0.3, -0.25) is 0 Å². The van der Waals surface area contributed by atoms with Gasteiger partial charge in [-0.25, -0.2) is 83.4 Å². The summed E-state index contributed by atoms with van der Waals surface area (Å²) in [6.07, 6.45) is 0. The zero-order chi connectivity index (χ0) is 39.8. The van der Waals surface area contributed by atoms with Crippen LogP contribution in [0.1, 0.15) is 6.92 Å². The predicted molar refractivity (Wildman–Crippen MR) is 150 cm³/mol. The highest BCUT2D eigenvalue weighted by molar-refractivity contribution is 7.27. The highest BCUT2D eigenvalue weighted by Crippen LogP contribution is 2.31. The van der Waals surface area contributed by atoms with Crippen molar-refractivity contribution in [2.75, 3.05) is 6.67 Å². The van der Waals surface area contributed by atoms with E-state index in [2.05, 4.69) is 6.58 Å². The second kappa shape index (κ2) is 16.7. The first kappa shape index (κ1) is 43.0. The molecule has 0 aliphatic carbocycles. The Morgan fingerprint density at radius 2 is 0.923 bits per heavy atom. The highest BCUT2D eigenvalue weighted by Gasteiger charge is 2.47. The van der Waals surface area contributed by atoms with E-state index in [1.54, 1.807) is 0 Å². The summed E-state index contributed by atoms with van der Waals surface area (Å²) in [5.41, 5.74) is -9.56. The largest absolute Gasteiger partial charge is 0.643 e. The van der Waals surface area contributed by atoms with Crippen molar-refractivity contribution in [3.63, 3.8) is 0 Å². The van der Waals surface area contributed by atoms with Crippen molar-refractivity contribution in [1.29, 1.82) is 0 Å². The average molecular weight is 808 g/mol. The Hall–Kier alpha value is -3.44. The van der Waals surface area contributed by atoms with E-state index in [-0.39, 0.29) is 0 Å². The smallest absolute Gasteiger partial charge is 0.538 e. The van der Waals surface area contributed by atoms with E-state index in [0.717, 1.165) is 16.2 Å². The molecule has 1 unspecified atom stereocenters. The molecule has 0 fully saturated rings. The Bertz CT molecular complexity index is 1870. The van der Waals surface area contributed by atoms with Crippen LogP contribution in [0, 0.1) is 81.4 Å². The first-order valence-corrected chi connectivity index (χ1v) is 15.7. The topological polar surface area (TPSA) is 18.5 Å². The van der Waals surface area contributed by atoms with Crippen LogP contribution >= 0.6 is 9.24 Å². The molecule has 1 atom stereocenters. The molecule has 0 bridgehead atoms. The van der Waals surface area contributed by atoms with Crippen molar-refractivity contribution in [3.8, 4) is 0 Å². The number of alkyl halides is 1. The molecule has 0 radical (unpaired) electrons. The Labute approximate surface area is 286 Å². The molecule has 2 nitrogen and oxygen atoms in total. The third-order valence-corrected chi connectivity index (χ3v) is 9.18. The number of benzene rings is 3. The van der Waals surface area contributed by atoms with Gasteiger partial charge in [0.25, 0.3) is 0 Å². The zero-order valence-electron chi connectivity index (χ0n) is 24.9. The van der Waals surface area contributed by atoms with Crippen molar-refractivity contribution < 1.29 is 90.8 Å². The van der Waals surface area contributed by atoms with Crippen LogP contribution in [-0.4, -0.2) is 35.3 Å². The van der Waals surface area contributed by atoms with Gasteiger partial charge in [0, 0.05) is 27.2 Å². The molecule has 278 valence electrons. The predicted octanol–water partition coefficient (Wildman–Crippen LogP) is 7.05. The van der Waals surface area contributed by atoms with Gasteiger partial charge in [0.1, 0.15) is 18.3 Å². The van der Waals surface area contributed by atoms with E-state index in [1.807, 2.05) is 0 Å². The van der Waals surface area contributed by atoms with Crippen LogP contribution in [-0.2, 0) is 7.41 Å². The zero-order valence-corrected chi connectivity index (χ0v) is 27.2. The molecule has 25 heteroatoms. The Balaban J connectivity index is 2.49. The van der Waals surface area contributed by atoms with Gasteiger partial charge in [-0.1, -0.05) is 22.7 Å². The van der Waals surface area contributed by atoms with Crippen LogP contribution in [0.4, 0.5) is 83.4 Å². The van der Waals surface area contributed by atoms with Crippen LogP contribution in [0.25, 0.3) is 0 Å². The summed E-state index contributed by atoms with van der Waals surface area (Å²) in [6.45, 7) is -6.56. The molecule has 0 aromatic heterocycles. The third-order valence-electron chi connectivity index (χ3n) is 6.85. The summed E-state index contributed by atoms with van der Waals surface area (Å²) in [7, 11) is 1.13. The minimum Gasteiger partial charge on any atom is -0.538 e. The van der Waals surface area contributed by atoms with Gasteiger partial charge in [-0.05, 0) is 5.28 Å². The number of hydrogen-bond donors (Lipinski definition) is 0. The molecular weight excluding hydrogens is 797 g/mol. The van der Waals surface area contributed by atoms with E-state index in [1.165, 1.54) is 0 Å². The monoisotopic (exact) mass is 808 g/mol. The Morgan fingerprint density at radius 3 is 1.31 bits per heavy atom. The van der Waals surface area contributed by atoms with E-state index >= 15 is 30.7 Å². The highest BCUT2D eigenvalue weighted by atomic mass is 31.0. The number of halogens is 19. The summed E-state index contributed by atoms with van der Waals surface area (Å²) in [5, 5.41) is -2.68. The maximum Gasteiger partial charge on any atom is 0.643 e. The van der Waals surface area contributed by atoms with Crippen LogP contribution < -0.4 is 21.7 Å². The number of allylic oxidation sites excluding steroid dienone is 5. The lowest BCUT2D eigenvalue weighted by atomic mass is 9.53. The molecule has 3 aromatic carbocycles. The quantitative estimate of drug-likeness (QED) is 0.0489. The molecule has 0 aliphatic heterocycles. The maximum atomic E-state index is 15.3. The first-order chi connectivity index (χ1) is 24.1. The van der Waals surface area contributed by atoms with Crippen LogP contribution in [0.15, 0.2) is 35.4 Å². The molecule has 0 heterocycles. The second-order valence-corrected chi connectivity index (χ2v) is 12.7. The molecule has 0 saturated carbocycles. The molecule has 3 aromatic rings. The maximum absolute atomic E-state index is 15.3. The summed E-state index contributed by atoms with van der Waals surface area (Å²) in [6, 6.07) is 0. The van der Waals surface area contributed by atoms with Gasteiger partial charge < -0.3 is 7.41 Å². The normalized spacial score (nSPS) is 12.6. The van der Waals surface area contributed by atoms with E-state index in [0.29, 0.717) is 0 Å². The summed E-state index contributed by atoms with van der Waals surface area (Å²) in [5.74, 6) is -50.8. The minimum atomic E-state index is -4.91. The molecule has 3 rings (SSSR count). The van der Waals surface area contributed by atoms with Crippen molar-refractivity contribution in [2.45, 2.75) is 12.2 Å². The van der Waals surface area contributed by atoms with Crippen molar-refractivity contribution >= 4 is 59.6 Å². The van der Waals surface area contributed by atoms with E-state index < -0.39 is 173 Å². The second-order valence-electron chi connectivity index (χ2n) is 9.91. The van der Waals surface area contributed by atoms with Gasteiger partial charge in [-0.2, -0.15) is 0 Å². The van der Waals surface area contributed by atoms with Gasteiger partial charge in [0.15, 0.2) is 93.1 Å². The molecule has 52 heavy (non-hydrogen) atoms. The van der Waals surface area contributed by atoms with Crippen molar-refractivity contribution in [2.24, 2.45) is 0 Å². The van der Waals surface area contributed by atoms with Gasteiger partial charge in [-0.15, -0.1) is 0 Å². The summed E-state index contributed by atoms with van der Waals surface area (Å²) >= 11 is -4.91. The van der Waals surface area contributed by atoms with E-state index in [4.69, 9.17) is 7.41 Å². The lowest BCUT2D eigenvalue weighted by molar-refractivity contribution is 0.379. The lowest BCUT2D eigenvalue weighted by Crippen LogP contribution is -2.57. The SMILES string of the molecule is C=C(F)/C(B([O][Al]([CH2]C)[O]B(c1c(F)c(F)c(F)c(F)c1F)c1c(F)c(F)c(F)c(P)c1F)c1c(F)c(F)c(F)c(F)c1F)=C(F)\C(F)=C(\F)CF. The fraction of sp³-hybridized carbons (Fsp3) is 0.111. The minimum absolute atomic E-state index is 0.772. The summed E-state index contributed by atoms with van der Waals surface area (Å²) < 4.78 is 285. The van der Waals surface area contributed by atoms with Crippen LogP contribution in [0.5, 0.6) is 0 Å². The molecule has 0 aliphatic rings. The Kier molecular flexibility index (Phi) is 13.8. The third kappa shape index (κ3) is 7.63. The molecule has 0 amide bonds. The summed E-state index contributed by atoms with van der Waals surface area (Å²) in [4.78, 5) is 0. The number of hydrogen-bond acceptors (Lipinski definition) is 2. The van der Waals surface area contributed by atoms with Crippen LogP contribution in [0.2, 0.25) is 5.28 Å². The first-order valence-electron chi connectivity index (χ1n) is 13.4. The number of rotatable bonds is 12. The van der Waals surface area contributed by atoms with Gasteiger partial charge in [0.05, 0.1) is 0 Å². The molecule has 0 N–H and O–H groups in total.